The minimum Gasteiger partial charge on any atom is -0.348 e. The molecule has 2 rings (SSSR count). The molecule has 0 radical (unpaired) electrons. The molecular weight excluding hydrogens is 206 g/mol. The summed E-state index contributed by atoms with van der Waals surface area (Å²) in [6.45, 7) is 2.74. The average molecular weight is 223 g/mol. The van der Waals surface area contributed by atoms with Gasteiger partial charge in [0, 0.05) is 18.6 Å². The molecule has 0 aliphatic heterocycles. The number of nitrogens with zero attached hydrogens (tertiary/aromatic N) is 3. The van der Waals surface area contributed by atoms with E-state index in [4.69, 9.17) is 0 Å². The van der Waals surface area contributed by atoms with E-state index in [2.05, 4.69) is 39.4 Å². The molecule has 1 unspecified atom stereocenters. The number of H-pyrrole nitrogens is 1. The number of carbonyl (C=O) groups is 1. The molecule has 1 fully saturated rings. The summed E-state index contributed by atoms with van der Waals surface area (Å²) in [5.41, 5.74) is 0. The lowest BCUT2D eigenvalue weighted by molar-refractivity contribution is 0.0929. The van der Waals surface area contributed by atoms with Gasteiger partial charge in [0.05, 0.1) is 0 Å². The molecule has 1 aliphatic rings. The molecule has 1 aromatic heterocycles. The zero-order valence-electron chi connectivity index (χ0n) is 9.60. The topological polar surface area (TPSA) is 73.9 Å². The number of nitrogens with one attached hydrogen (secondary N) is 2. The van der Waals surface area contributed by atoms with Crippen molar-refractivity contribution in [3.8, 4) is 0 Å². The van der Waals surface area contributed by atoms with Crippen molar-refractivity contribution in [1.29, 1.82) is 0 Å². The summed E-state index contributed by atoms with van der Waals surface area (Å²) in [6, 6.07) is 1.05. The number of likely N-dealkylation sites (N-methyl/N-ethyl adjacent to an activating group) is 1. The van der Waals surface area contributed by atoms with Crippen LogP contribution in [0.25, 0.3) is 0 Å². The third kappa shape index (κ3) is 2.57. The maximum absolute atomic E-state index is 11.6. The molecule has 6 nitrogen and oxygen atoms in total. The molecule has 0 saturated heterocycles. The van der Waals surface area contributed by atoms with E-state index in [1.165, 1.54) is 19.2 Å². The molecule has 1 saturated carbocycles. The lowest BCUT2D eigenvalue weighted by Crippen LogP contribution is -2.41. The maximum atomic E-state index is 11.6. The van der Waals surface area contributed by atoms with Crippen LogP contribution in [0.2, 0.25) is 0 Å². The Labute approximate surface area is 94.4 Å². The van der Waals surface area contributed by atoms with E-state index >= 15 is 0 Å². The molecular formula is C10H17N5O. The predicted octanol–water partition coefficient (Wildman–Crippen LogP) is 0.0172. The van der Waals surface area contributed by atoms with Crippen LogP contribution in [-0.4, -0.2) is 51.7 Å². The first-order valence-corrected chi connectivity index (χ1v) is 5.54. The summed E-state index contributed by atoms with van der Waals surface area (Å²) in [6.07, 6.45) is 3.88. The van der Waals surface area contributed by atoms with Gasteiger partial charge in [0.1, 0.15) is 6.33 Å². The van der Waals surface area contributed by atoms with Crippen molar-refractivity contribution >= 4 is 5.91 Å². The van der Waals surface area contributed by atoms with Crippen LogP contribution in [0.4, 0.5) is 0 Å². The van der Waals surface area contributed by atoms with Crippen LogP contribution < -0.4 is 5.32 Å². The fraction of sp³-hybridized carbons (Fsp3) is 0.700. The first kappa shape index (κ1) is 11.1. The summed E-state index contributed by atoms with van der Waals surface area (Å²) in [5.74, 6) is 0.0646. The fourth-order valence-electron chi connectivity index (χ4n) is 1.62. The standard InChI is InChI=1S/C10H17N5O/c1-7(15(2)8-3-4-8)5-11-10(16)9-12-6-13-14-9/h6-8H,3-5H2,1-2H3,(H,11,16)(H,12,13,14). The van der Waals surface area contributed by atoms with Gasteiger partial charge in [-0.1, -0.05) is 0 Å². The van der Waals surface area contributed by atoms with Gasteiger partial charge in [-0.15, -0.1) is 0 Å². The average Bonchev–Trinajstić information content (AvgIpc) is 2.99. The van der Waals surface area contributed by atoms with Gasteiger partial charge in [0.15, 0.2) is 0 Å². The second kappa shape index (κ2) is 4.61. The number of amides is 1. The summed E-state index contributed by atoms with van der Waals surface area (Å²) >= 11 is 0. The van der Waals surface area contributed by atoms with Crippen molar-refractivity contribution in [1.82, 2.24) is 25.4 Å². The lowest BCUT2D eigenvalue weighted by Gasteiger charge is -2.24. The number of rotatable bonds is 5. The highest BCUT2D eigenvalue weighted by atomic mass is 16.2. The minimum absolute atomic E-state index is 0.200. The van der Waals surface area contributed by atoms with Gasteiger partial charge in [-0.3, -0.25) is 14.8 Å². The van der Waals surface area contributed by atoms with Crippen molar-refractivity contribution in [2.24, 2.45) is 0 Å². The van der Waals surface area contributed by atoms with Crippen LogP contribution in [-0.2, 0) is 0 Å². The Morgan fingerprint density at radius 2 is 2.50 bits per heavy atom. The molecule has 1 atom stereocenters. The molecule has 1 amide bonds. The van der Waals surface area contributed by atoms with Crippen LogP contribution in [0.3, 0.4) is 0 Å². The quantitative estimate of drug-likeness (QED) is 0.738. The van der Waals surface area contributed by atoms with Gasteiger partial charge in [-0.2, -0.15) is 5.10 Å². The second-order valence-electron chi connectivity index (χ2n) is 4.29. The number of aromatic nitrogens is 3. The highest BCUT2D eigenvalue weighted by molar-refractivity contribution is 5.90. The van der Waals surface area contributed by atoms with Crippen molar-refractivity contribution in [3.63, 3.8) is 0 Å². The second-order valence-corrected chi connectivity index (χ2v) is 4.29. The highest BCUT2D eigenvalue weighted by Gasteiger charge is 2.29. The molecule has 1 aromatic rings. The van der Waals surface area contributed by atoms with E-state index in [1.54, 1.807) is 0 Å². The molecule has 0 bridgehead atoms. The minimum atomic E-state index is -0.200. The number of carbonyl (C=O) groups excluding carboxylic acids is 1. The highest BCUT2D eigenvalue weighted by Crippen LogP contribution is 2.26. The van der Waals surface area contributed by atoms with E-state index in [1.807, 2.05) is 0 Å². The number of hydrogen-bond donors (Lipinski definition) is 2. The zero-order chi connectivity index (χ0) is 11.5. The Morgan fingerprint density at radius 3 is 3.06 bits per heavy atom. The number of hydrogen-bond acceptors (Lipinski definition) is 4. The van der Waals surface area contributed by atoms with E-state index < -0.39 is 0 Å². The fourth-order valence-corrected chi connectivity index (χ4v) is 1.62. The van der Waals surface area contributed by atoms with Crippen molar-refractivity contribution in [2.75, 3.05) is 13.6 Å². The van der Waals surface area contributed by atoms with Crippen molar-refractivity contribution in [2.45, 2.75) is 31.8 Å². The third-order valence-electron chi connectivity index (χ3n) is 3.01. The van der Waals surface area contributed by atoms with Crippen LogP contribution in [0.15, 0.2) is 6.33 Å². The van der Waals surface area contributed by atoms with E-state index in [9.17, 15) is 4.79 Å². The maximum Gasteiger partial charge on any atom is 0.288 e. The molecule has 6 heteroatoms. The Kier molecular flexibility index (Phi) is 3.19. The van der Waals surface area contributed by atoms with Crippen LogP contribution in [0.1, 0.15) is 30.4 Å². The van der Waals surface area contributed by atoms with E-state index in [0.29, 0.717) is 18.6 Å². The van der Waals surface area contributed by atoms with Gasteiger partial charge in [-0.25, -0.2) is 4.98 Å². The van der Waals surface area contributed by atoms with Gasteiger partial charge < -0.3 is 5.32 Å². The predicted molar refractivity (Wildman–Crippen MR) is 59.0 cm³/mol. The smallest absolute Gasteiger partial charge is 0.288 e. The van der Waals surface area contributed by atoms with Crippen LogP contribution in [0, 0.1) is 0 Å². The Morgan fingerprint density at radius 1 is 1.75 bits per heavy atom. The molecule has 0 aromatic carbocycles. The van der Waals surface area contributed by atoms with Crippen LogP contribution in [0.5, 0.6) is 0 Å². The third-order valence-corrected chi connectivity index (χ3v) is 3.01. The summed E-state index contributed by atoms with van der Waals surface area (Å²) in [5, 5.41) is 9.01. The van der Waals surface area contributed by atoms with E-state index in [0.717, 1.165) is 0 Å². The molecule has 1 aliphatic carbocycles. The molecule has 1 heterocycles. The molecule has 0 spiro atoms. The van der Waals surface area contributed by atoms with Crippen LogP contribution >= 0.6 is 0 Å². The van der Waals surface area contributed by atoms with Gasteiger partial charge in [-0.05, 0) is 26.8 Å². The largest absolute Gasteiger partial charge is 0.348 e. The van der Waals surface area contributed by atoms with Crippen molar-refractivity contribution < 1.29 is 4.79 Å². The van der Waals surface area contributed by atoms with Gasteiger partial charge in [0.25, 0.3) is 5.91 Å². The first-order chi connectivity index (χ1) is 7.68. The summed E-state index contributed by atoms with van der Waals surface area (Å²) in [7, 11) is 2.10. The molecule has 16 heavy (non-hydrogen) atoms. The zero-order valence-corrected chi connectivity index (χ0v) is 9.60. The molecule has 2 N–H and O–H groups in total. The monoisotopic (exact) mass is 223 g/mol. The van der Waals surface area contributed by atoms with Crippen molar-refractivity contribution in [3.05, 3.63) is 12.2 Å². The summed E-state index contributed by atoms with van der Waals surface area (Å²) in [4.78, 5) is 17.7. The molecule has 88 valence electrons. The summed E-state index contributed by atoms with van der Waals surface area (Å²) < 4.78 is 0. The lowest BCUT2D eigenvalue weighted by atomic mass is 10.3. The Balaban J connectivity index is 1.76. The Bertz CT molecular complexity index is 346. The van der Waals surface area contributed by atoms with E-state index in [-0.39, 0.29) is 11.7 Å². The van der Waals surface area contributed by atoms with Gasteiger partial charge in [0.2, 0.25) is 5.82 Å². The Hall–Kier alpha value is -1.43. The van der Waals surface area contributed by atoms with Gasteiger partial charge >= 0.3 is 0 Å². The SMILES string of the molecule is CC(CNC(=O)c1ncn[nH]1)N(C)C1CC1. The number of aromatic amines is 1. The normalized spacial score (nSPS) is 17.4. The first-order valence-electron chi connectivity index (χ1n) is 5.54.